The Morgan fingerprint density at radius 2 is 0.866 bits per heavy atom. The van der Waals surface area contributed by atoms with E-state index in [4.69, 9.17) is 52.1 Å². The van der Waals surface area contributed by atoms with E-state index in [0.717, 1.165) is 17.5 Å². The number of rotatable bonds is 18. The second-order valence-corrected chi connectivity index (χ2v) is 20.0. The smallest absolute Gasteiger partial charge is 0.302 e. The second kappa shape index (κ2) is 24.0. The highest BCUT2D eigenvalue weighted by Gasteiger charge is 2.53. The minimum absolute atomic E-state index is 0.00623. The van der Waals surface area contributed by atoms with Gasteiger partial charge in [-0.1, -0.05) is 146 Å². The van der Waals surface area contributed by atoms with E-state index in [1.165, 1.54) is 12.5 Å². The first-order valence-electron chi connectivity index (χ1n) is 24.7. The molecule has 0 bridgehead atoms. The molecule has 0 N–H and O–H groups in total. The minimum atomic E-state index is -0.705. The average Bonchev–Trinajstić information content (AvgIpc) is 3.33. The summed E-state index contributed by atoms with van der Waals surface area (Å²) in [6.07, 6.45) is -4.28. The van der Waals surface area contributed by atoms with Crippen molar-refractivity contribution in [2.24, 2.45) is 47.3 Å². The lowest BCUT2D eigenvalue weighted by molar-refractivity contribution is -0.367. The molecule has 0 radical (unpaired) electrons. The van der Waals surface area contributed by atoms with Crippen LogP contribution in [-0.4, -0.2) is 107 Å². The Morgan fingerprint density at radius 1 is 0.433 bits per heavy atom. The van der Waals surface area contributed by atoms with Crippen LogP contribution in [0.5, 0.6) is 0 Å². The molecule has 4 heterocycles. The van der Waals surface area contributed by atoms with E-state index in [2.05, 4.69) is 91.8 Å². The van der Waals surface area contributed by atoms with Crippen LogP contribution in [0.3, 0.4) is 0 Å². The zero-order valence-corrected chi connectivity index (χ0v) is 41.6. The summed E-state index contributed by atoms with van der Waals surface area (Å²) in [6.45, 7) is 19.6. The third-order valence-electron chi connectivity index (χ3n) is 15.6. The van der Waals surface area contributed by atoms with Crippen LogP contribution in [0.15, 0.2) is 91.0 Å². The van der Waals surface area contributed by atoms with Crippen molar-refractivity contribution in [2.75, 3.05) is 27.4 Å². The predicted molar refractivity (Wildman–Crippen MR) is 253 cm³/mol. The highest BCUT2D eigenvalue weighted by molar-refractivity contribution is 5.65. The second-order valence-electron chi connectivity index (χ2n) is 20.0. The van der Waals surface area contributed by atoms with Gasteiger partial charge in [-0.2, -0.15) is 0 Å². The number of benzene rings is 3. The van der Waals surface area contributed by atoms with Crippen LogP contribution in [0, 0.1) is 47.3 Å². The van der Waals surface area contributed by atoms with E-state index in [1.54, 1.807) is 14.2 Å². The Balaban J connectivity index is 1.10. The highest BCUT2D eigenvalue weighted by atomic mass is 16.8. The molecule has 20 atom stereocenters. The monoisotopic (exact) mass is 931 g/mol. The van der Waals surface area contributed by atoms with Gasteiger partial charge in [-0.3, -0.25) is 4.79 Å². The van der Waals surface area contributed by atoms with Crippen molar-refractivity contribution in [3.63, 3.8) is 0 Å². The van der Waals surface area contributed by atoms with Gasteiger partial charge in [-0.25, -0.2) is 0 Å². The molecule has 0 spiro atoms. The summed E-state index contributed by atoms with van der Waals surface area (Å²) in [5, 5.41) is 0. The first kappa shape index (κ1) is 51.6. The van der Waals surface area contributed by atoms with Crippen LogP contribution >= 0.6 is 0 Å². The molecule has 0 aliphatic carbocycles. The van der Waals surface area contributed by atoms with Crippen LogP contribution in [0.2, 0.25) is 0 Å². The Bertz CT molecular complexity index is 1920. The molecule has 8 unspecified atom stereocenters. The number of ether oxygens (including phenoxy) is 11. The predicted octanol–water partition coefficient (Wildman–Crippen LogP) is 9.06. The number of hydrogen-bond donors (Lipinski definition) is 0. The summed E-state index contributed by atoms with van der Waals surface area (Å²) < 4.78 is 73.0. The van der Waals surface area contributed by atoms with Crippen molar-refractivity contribution < 1.29 is 56.9 Å². The maximum absolute atomic E-state index is 12.3. The zero-order chi connectivity index (χ0) is 47.8. The van der Waals surface area contributed by atoms with Gasteiger partial charge in [0.25, 0.3) is 0 Å². The molecule has 3 aromatic rings. The Hall–Kier alpha value is -3.27. The van der Waals surface area contributed by atoms with E-state index < -0.39 is 67.8 Å². The van der Waals surface area contributed by atoms with E-state index in [0.29, 0.717) is 31.5 Å². The Labute approximate surface area is 399 Å². The van der Waals surface area contributed by atoms with Gasteiger partial charge < -0.3 is 52.1 Å². The minimum Gasteiger partial charge on any atom is -0.463 e. The molecular formula is C55H78O12. The van der Waals surface area contributed by atoms with Crippen LogP contribution in [0.1, 0.15) is 79.0 Å². The molecule has 370 valence electrons. The van der Waals surface area contributed by atoms with Gasteiger partial charge in [-0.15, -0.1) is 0 Å². The molecule has 0 amide bonds. The van der Waals surface area contributed by atoms with Crippen molar-refractivity contribution in [3.8, 4) is 0 Å². The van der Waals surface area contributed by atoms with Gasteiger partial charge >= 0.3 is 5.97 Å². The molecule has 67 heavy (non-hydrogen) atoms. The van der Waals surface area contributed by atoms with Gasteiger partial charge in [0.2, 0.25) is 0 Å². The first-order valence-corrected chi connectivity index (χ1v) is 24.7. The maximum Gasteiger partial charge on any atom is 0.302 e. The number of carbonyl (C=O) groups excluding carboxylic acids is 1. The quantitative estimate of drug-likeness (QED) is 0.113. The van der Waals surface area contributed by atoms with Crippen LogP contribution in [0.4, 0.5) is 0 Å². The third kappa shape index (κ3) is 12.6. The molecule has 4 fully saturated rings. The van der Waals surface area contributed by atoms with Crippen LogP contribution in [0.25, 0.3) is 0 Å². The lowest BCUT2D eigenvalue weighted by atomic mass is 9.77. The lowest BCUT2D eigenvalue weighted by Crippen LogP contribution is -2.62. The van der Waals surface area contributed by atoms with Gasteiger partial charge in [0.05, 0.1) is 43.7 Å². The van der Waals surface area contributed by atoms with Crippen molar-refractivity contribution in [1.29, 1.82) is 0 Å². The average molecular weight is 931 g/mol. The first-order chi connectivity index (χ1) is 32.3. The van der Waals surface area contributed by atoms with Crippen molar-refractivity contribution >= 4 is 5.97 Å². The largest absolute Gasteiger partial charge is 0.463 e. The van der Waals surface area contributed by atoms with Gasteiger partial charge in [-0.05, 0) is 46.8 Å². The molecule has 12 heteroatoms. The van der Waals surface area contributed by atoms with Crippen LogP contribution in [-0.2, 0) is 76.3 Å². The number of carbonyl (C=O) groups is 1. The molecule has 12 nitrogen and oxygen atoms in total. The summed E-state index contributed by atoms with van der Waals surface area (Å²) in [4.78, 5) is 12.3. The van der Waals surface area contributed by atoms with Crippen molar-refractivity contribution in [3.05, 3.63) is 108 Å². The van der Waals surface area contributed by atoms with Crippen LogP contribution < -0.4 is 0 Å². The Morgan fingerprint density at radius 3 is 1.40 bits per heavy atom. The standard InChI is InChI=1S/C55H78O12/c1-32-33(2)44(27-41-21-15-12-16-22-41)61-53(36(32)5)65-49-35(4)38(7)54(64-47(49)31-60-40(9)56)67-51-45(28-42-23-17-13-18-24-42)62-55(39(8)50(51)57-10)66-48-34(3)37(6)52(58-11)63-46(48)30-59-29-43-25-19-14-20-26-43/h12-26,32-39,44-55H,27-31H2,1-11H3/t32-,33-,34+,35?,36?,37?,38?,39?,44?,45-,46?,47-,48-,49-,50?,51+,52-,53-,54+,55+/m0/s1. The van der Waals surface area contributed by atoms with Gasteiger partial charge in [0.15, 0.2) is 25.2 Å². The molecule has 7 rings (SSSR count). The zero-order valence-electron chi connectivity index (χ0n) is 41.6. The SMILES string of the molecule is COC1C(C)[C@@H](O[C@@H]2C(COCc3ccccc3)O[C@H](OC)C(C)[C@H]2C)O[C@@H](Cc2ccccc2)[C@H]1O[C@H]1O[C@@H](COC(C)=O)[C@@H](O[C@@H]2OC(Cc3ccccc3)[C@@H](C)[C@H](C)C2C)C(C)C1C. The molecule has 3 aromatic carbocycles. The molecule has 4 aliphatic heterocycles. The summed E-state index contributed by atoms with van der Waals surface area (Å²) in [5.74, 6) is 0.0228. The molecular weight excluding hydrogens is 853 g/mol. The van der Waals surface area contributed by atoms with E-state index in [-0.39, 0.29) is 54.3 Å². The summed E-state index contributed by atoms with van der Waals surface area (Å²) in [6, 6.07) is 30.8. The summed E-state index contributed by atoms with van der Waals surface area (Å²) in [5.41, 5.74) is 3.40. The summed E-state index contributed by atoms with van der Waals surface area (Å²) in [7, 11) is 3.40. The fraction of sp³-hybridized carbons (Fsp3) is 0.655. The molecule has 4 aliphatic rings. The molecule has 0 saturated carbocycles. The molecule has 0 aromatic heterocycles. The van der Waals surface area contributed by atoms with Gasteiger partial charge in [0.1, 0.15) is 24.9 Å². The number of hydrogen-bond acceptors (Lipinski definition) is 12. The maximum atomic E-state index is 12.3. The van der Waals surface area contributed by atoms with E-state index in [9.17, 15) is 4.79 Å². The number of esters is 1. The van der Waals surface area contributed by atoms with E-state index >= 15 is 0 Å². The highest BCUT2D eigenvalue weighted by Crippen LogP contribution is 2.43. The molecule has 4 saturated heterocycles. The Kier molecular flexibility index (Phi) is 18.5. The summed E-state index contributed by atoms with van der Waals surface area (Å²) >= 11 is 0. The lowest BCUT2D eigenvalue weighted by Gasteiger charge is -2.52. The van der Waals surface area contributed by atoms with E-state index in [1.807, 2.05) is 54.6 Å². The normalized spacial score (nSPS) is 39.1. The van der Waals surface area contributed by atoms with Crippen molar-refractivity contribution in [2.45, 2.75) is 156 Å². The fourth-order valence-electron chi connectivity index (χ4n) is 10.6. The topological polar surface area (TPSA) is 119 Å². The number of methoxy groups -OCH3 is 2. The fourth-order valence-corrected chi connectivity index (χ4v) is 10.6. The van der Waals surface area contributed by atoms with Crippen molar-refractivity contribution in [1.82, 2.24) is 0 Å². The third-order valence-corrected chi connectivity index (χ3v) is 15.6. The van der Waals surface area contributed by atoms with Gasteiger partial charge in [0, 0.05) is 51.2 Å².